The first-order chi connectivity index (χ1) is 9.90. The molecule has 0 heterocycles. The van der Waals surface area contributed by atoms with Gasteiger partial charge in [-0.3, -0.25) is 4.99 Å². The van der Waals surface area contributed by atoms with Crippen molar-refractivity contribution in [1.29, 1.82) is 0 Å². The number of guanidine groups is 1. The summed E-state index contributed by atoms with van der Waals surface area (Å²) in [7, 11) is 3.83. The largest absolute Gasteiger partial charge is 0.355 e. The van der Waals surface area contributed by atoms with Crippen LogP contribution in [0.25, 0.3) is 0 Å². The highest BCUT2D eigenvalue weighted by Gasteiger charge is 2.22. The van der Waals surface area contributed by atoms with Crippen LogP contribution in [-0.2, 0) is 5.41 Å². The monoisotopic (exact) mass is 293 g/mol. The van der Waals surface area contributed by atoms with E-state index in [1.165, 1.54) is 6.07 Å². The van der Waals surface area contributed by atoms with E-state index in [0.29, 0.717) is 6.54 Å². The zero-order valence-electron chi connectivity index (χ0n) is 13.9. The molecule has 4 heteroatoms. The topological polar surface area (TPSA) is 27.6 Å². The molecule has 0 aliphatic heterocycles. The molecule has 0 spiro atoms. The van der Waals surface area contributed by atoms with Gasteiger partial charge in [0, 0.05) is 32.6 Å². The summed E-state index contributed by atoms with van der Waals surface area (Å²) in [5.41, 5.74) is 0.825. The average molecular weight is 293 g/mol. The van der Waals surface area contributed by atoms with Gasteiger partial charge in [-0.05, 0) is 24.1 Å². The molecule has 0 unspecified atom stereocenters. The number of rotatable bonds is 6. The highest BCUT2D eigenvalue weighted by molar-refractivity contribution is 5.79. The quantitative estimate of drug-likeness (QED) is 0.643. The maximum absolute atomic E-state index is 13.4. The molecule has 1 N–H and O–H groups in total. The highest BCUT2D eigenvalue weighted by atomic mass is 19.1. The summed E-state index contributed by atoms with van der Waals surface area (Å²) in [4.78, 5) is 6.44. The van der Waals surface area contributed by atoms with Gasteiger partial charge in [0.25, 0.3) is 0 Å². The third-order valence-corrected chi connectivity index (χ3v) is 3.71. The van der Waals surface area contributed by atoms with E-state index in [1.807, 2.05) is 13.1 Å². The maximum Gasteiger partial charge on any atom is 0.193 e. The van der Waals surface area contributed by atoms with E-state index in [2.05, 4.69) is 36.0 Å². The second-order valence-corrected chi connectivity index (χ2v) is 6.07. The van der Waals surface area contributed by atoms with Crippen LogP contribution < -0.4 is 5.32 Å². The molecule has 0 atom stereocenters. The van der Waals surface area contributed by atoms with Gasteiger partial charge in [0.15, 0.2) is 5.96 Å². The smallest absolute Gasteiger partial charge is 0.193 e. The summed E-state index contributed by atoms with van der Waals surface area (Å²) in [6, 6.07) is 6.80. The molecule has 0 saturated carbocycles. The Morgan fingerprint density at radius 1 is 1.38 bits per heavy atom. The van der Waals surface area contributed by atoms with Crippen molar-refractivity contribution in [3.05, 3.63) is 35.6 Å². The standard InChI is InChI=1S/C17H28FN3/c1-6-7-11-21(5)16(19-4)20-13-17(2,3)14-9-8-10-15(18)12-14/h8-10,12H,6-7,11,13H2,1-5H3,(H,19,20). The molecule has 0 saturated heterocycles. The predicted molar refractivity (Wildman–Crippen MR) is 88.3 cm³/mol. The molecular weight excluding hydrogens is 265 g/mol. The van der Waals surface area contributed by atoms with E-state index < -0.39 is 0 Å². The van der Waals surface area contributed by atoms with Crippen LogP contribution >= 0.6 is 0 Å². The lowest BCUT2D eigenvalue weighted by atomic mass is 9.84. The molecule has 1 aromatic rings. The Morgan fingerprint density at radius 2 is 2.10 bits per heavy atom. The van der Waals surface area contributed by atoms with Gasteiger partial charge in [-0.15, -0.1) is 0 Å². The first-order valence-electron chi connectivity index (χ1n) is 7.58. The van der Waals surface area contributed by atoms with Crippen LogP contribution in [0.15, 0.2) is 29.3 Å². The Balaban J connectivity index is 2.67. The summed E-state index contributed by atoms with van der Waals surface area (Å²) in [6.07, 6.45) is 2.31. The number of nitrogens with one attached hydrogen (secondary N) is 1. The number of hydrogen-bond donors (Lipinski definition) is 1. The third-order valence-electron chi connectivity index (χ3n) is 3.71. The first-order valence-corrected chi connectivity index (χ1v) is 7.58. The van der Waals surface area contributed by atoms with Crippen LogP contribution in [0.1, 0.15) is 39.2 Å². The van der Waals surface area contributed by atoms with Gasteiger partial charge >= 0.3 is 0 Å². The third kappa shape index (κ3) is 5.37. The van der Waals surface area contributed by atoms with Crippen LogP contribution in [0.2, 0.25) is 0 Å². The lowest BCUT2D eigenvalue weighted by molar-refractivity contribution is 0.442. The molecule has 0 aromatic heterocycles. The fourth-order valence-electron chi connectivity index (χ4n) is 2.20. The molecule has 21 heavy (non-hydrogen) atoms. The lowest BCUT2D eigenvalue weighted by Gasteiger charge is -2.29. The van der Waals surface area contributed by atoms with Gasteiger partial charge in [0.1, 0.15) is 5.82 Å². The molecule has 0 amide bonds. The minimum atomic E-state index is -0.190. The summed E-state index contributed by atoms with van der Waals surface area (Å²) >= 11 is 0. The fourth-order valence-corrected chi connectivity index (χ4v) is 2.20. The van der Waals surface area contributed by atoms with Crippen LogP contribution in [0.3, 0.4) is 0 Å². The van der Waals surface area contributed by atoms with Crippen molar-refractivity contribution in [3.8, 4) is 0 Å². The van der Waals surface area contributed by atoms with Crippen molar-refractivity contribution in [3.63, 3.8) is 0 Å². The van der Waals surface area contributed by atoms with Crippen LogP contribution in [0, 0.1) is 5.82 Å². The number of hydrogen-bond acceptors (Lipinski definition) is 1. The molecule has 1 aromatic carbocycles. The number of unbranched alkanes of at least 4 members (excludes halogenated alkanes) is 1. The van der Waals surface area contributed by atoms with Crippen molar-refractivity contribution in [2.75, 3.05) is 27.2 Å². The van der Waals surface area contributed by atoms with Crippen molar-refractivity contribution in [2.24, 2.45) is 4.99 Å². The second-order valence-electron chi connectivity index (χ2n) is 6.07. The SMILES string of the molecule is CCCCN(C)C(=NC)NCC(C)(C)c1cccc(F)c1. The van der Waals surface area contributed by atoms with E-state index in [1.54, 1.807) is 19.2 Å². The minimum absolute atomic E-state index is 0.163. The number of benzene rings is 1. The van der Waals surface area contributed by atoms with E-state index >= 15 is 0 Å². The van der Waals surface area contributed by atoms with Gasteiger partial charge in [-0.2, -0.15) is 0 Å². The Bertz CT molecular complexity index is 469. The Kier molecular flexibility index (Phi) is 6.66. The lowest BCUT2D eigenvalue weighted by Crippen LogP contribution is -2.44. The van der Waals surface area contributed by atoms with Gasteiger partial charge < -0.3 is 10.2 Å². The van der Waals surface area contributed by atoms with Crippen LogP contribution in [-0.4, -0.2) is 38.0 Å². The summed E-state index contributed by atoms with van der Waals surface area (Å²) < 4.78 is 13.4. The summed E-state index contributed by atoms with van der Waals surface area (Å²) in [5, 5.41) is 3.39. The van der Waals surface area contributed by atoms with Crippen molar-refractivity contribution < 1.29 is 4.39 Å². The summed E-state index contributed by atoms with van der Waals surface area (Å²) in [6.45, 7) is 8.08. The van der Waals surface area contributed by atoms with E-state index in [9.17, 15) is 4.39 Å². The number of nitrogens with zero attached hydrogens (tertiary/aromatic N) is 2. The molecule has 0 bridgehead atoms. The van der Waals surface area contributed by atoms with Gasteiger partial charge in [-0.25, -0.2) is 4.39 Å². The van der Waals surface area contributed by atoms with Gasteiger partial charge in [-0.1, -0.05) is 39.3 Å². The maximum atomic E-state index is 13.4. The molecule has 0 aliphatic rings. The van der Waals surface area contributed by atoms with Crippen LogP contribution in [0.4, 0.5) is 4.39 Å². The Labute approximate surface area is 128 Å². The number of aliphatic imine (C=N–C) groups is 1. The first kappa shape index (κ1) is 17.5. The van der Waals surface area contributed by atoms with Crippen molar-refractivity contribution in [2.45, 2.75) is 39.0 Å². The zero-order valence-corrected chi connectivity index (χ0v) is 13.9. The van der Waals surface area contributed by atoms with Crippen molar-refractivity contribution in [1.82, 2.24) is 10.2 Å². The normalized spacial score (nSPS) is 12.4. The predicted octanol–water partition coefficient (Wildman–Crippen LogP) is 3.41. The van der Waals surface area contributed by atoms with Gasteiger partial charge in [0.2, 0.25) is 0 Å². The molecular formula is C17H28FN3. The fraction of sp³-hybridized carbons (Fsp3) is 0.588. The average Bonchev–Trinajstić information content (AvgIpc) is 2.45. The van der Waals surface area contributed by atoms with E-state index in [0.717, 1.165) is 30.9 Å². The van der Waals surface area contributed by atoms with Gasteiger partial charge in [0.05, 0.1) is 0 Å². The molecule has 118 valence electrons. The zero-order chi connectivity index (χ0) is 15.9. The molecule has 0 radical (unpaired) electrons. The van der Waals surface area contributed by atoms with Crippen LogP contribution in [0.5, 0.6) is 0 Å². The molecule has 0 aliphatic carbocycles. The second kappa shape index (κ2) is 8.01. The number of halogens is 1. The molecule has 0 fully saturated rings. The highest BCUT2D eigenvalue weighted by Crippen LogP contribution is 2.22. The van der Waals surface area contributed by atoms with E-state index in [-0.39, 0.29) is 11.2 Å². The Morgan fingerprint density at radius 3 is 2.67 bits per heavy atom. The van der Waals surface area contributed by atoms with Crippen molar-refractivity contribution >= 4 is 5.96 Å². The summed E-state index contributed by atoms with van der Waals surface area (Å²) in [5.74, 6) is 0.693. The van der Waals surface area contributed by atoms with E-state index in [4.69, 9.17) is 0 Å². The Hall–Kier alpha value is -1.58. The minimum Gasteiger partial charge on any atom is -0.355 e. The molecule has 1 rings (SSSR count). The molecule has 3 nitrogen and oxygen atoms in total.